The van der Waals surface area contributed by atoms with Crippen LogP contribution < -0.4 is 0 Å². The van der Waals surface area contributed by atoms with Crippen LogP contribution in [0.3, 0.4) is 0 Å². The van der Waals surface area contributed by atoms with Gasteiger partial charge < -0.3 is 9.64 Å². The van der Waals surface area contributed by atoms with Gasteiger partial charge >= 0.3 is 5.97 Å². The van der Waals surface area contributed by atoms with Crippen molar-refractivity contribution in [3.8, 4) is 0 Å². The Labute approximate surface area is 103 Å². The molecule has 2 atom stereocenters. The zero-order chi connectivity index (χ0) is 13.0. The van der Waals surface area contributed by atoms with Crippen molar-refractivity contribution >= 4 is 11.9 Å². The molecule has 0 aromatic carbocycles. The number of amides is 1. The van der Waals surface area contributed by atoms with Crippen LogP contribution in [0.15, 0.2) is 0 Å². The van der Waals surface area contributed by atoms with E-state index in [9.17, 15) is 9.59 Å². The monoisotopic (exact) mass is 241 g/mol. The molecule has 0 radical (unpaired) electrons. The minimum Gasteiger partial charge on any atom is -0.469 e. The SMILES string of the molecule is COC(=O)[C@H]1CCCN(C(=O)C(C)C(C)C)C1. The first-order valence-corrected chi connectivity index (χ1v) is 6.34. The van der Waals surface area contributed by atoms with Crippen LogP contribution in [-0.4, -0.2) is 37.0 Å². The number of hydrogen-bond donors (Lipinski definition) is 0. The molecular weight excluding hydrogens is 218 g/mol. The molecule has 4 nitrogen and oxygen atoms in total. The lowest BCUT2D eigenvalue weighted by Crippen LogP contribution is -2.45. The van der Waals surface area contributed by atoms with E-state index >= 15 is 0 Å². The van der Waals surface area contributed by atoms with Gasteiger partial charge in [-0.1, -0.05) is 20.8 Å². The van der Waals surface area contributed by atoms with Crippen molar-refractivity contribution in [3.05, 3.63) is 0 Å². The molecule has 1 rings (SSSR count). The van der Waals surface area contributed by atoms with Gasteiger partial charge in [0.2, 0.25) is 5.91 Å². The molecule has 1 unspecified atom stereocenters. The summed E-state index contributed by atoms with van der Waals surface area (Å²) in [5.74, 6) is 0.178. The molecular formula is C13H23NO3. The second kappa shape index (κ2) is 6.03. The van der Waals surface area contributed by atoms with Gasteiger partial charge in [0.25, 0.3) is 0 Å². The van der Waals surface area contributed by atoms with Crippen LogP contribution in [-0.2, 0) is 14.3 Å². The van der Waals surface area contributed by atoms with Crippen LogP contribution in [0.2, 0.25) is 0 Å². The Morgan fingerprint density at radius 1 is 1.29 bits per heavy atom. The standard InChI is InChI=1S/C13H23NO3/c1-9(2)10(3)12(15)14-7-5-6-11(8-14)13(16)17-4/h9-11H,5-8H2,1-4H3/t10?,11-/m0/s1. The van der Waals surface area contributed by atoms with Crippen molar-refractivity contribution in [1.82, 2.24) is 4.90 Å². The van der Waals surface area contributed by atoms with E-state index in [0.717, 1.165) is 19.4 Å². The number of carbonyl (C=O) groups excluding carboxylic acids is 2. The van der Waals surface area contributed by atoms with Crippen molar-refractivity contribution in [1.29, 1.82) is 0 Å². The first kappa shape index (κ1) is 14.0. The number of nitrogens with zero attached hydrogens (tertiary/aromatic N) is 1. The summed E-state index contributed by atoms with van der Waals surface area (Å²) in [6.07, 6.45) is 1.71. The Bertz CT molecular complexity index is 288. The van der Waals surface area contributed by atoms with E-state index in [1.807, 2.05) is 25.7 Å². The quantitative estimate of drug-likeness (QED) is 0.706. The van der Waals surface area contributed by atoms with Gasteiger partial charge in [-0.3, -0.25) is 9.59 Å². The average Bonchev–Trinajstić information content (AvgIpc) is 2.36. The Morgan fingerprint density at radius 3 is 2.47 bits per heavy atom. The number of carbonyl (C=O) groups is 2. The fraction of sp³-hybridized carbons (Fsp3) is 0.846. The largest absolute Gasteiger partial charge is 0.469 e. The molecule has 4 heteroatoms. The Morgan fingerprint density at radius 2 is 1.94 bits per heavy atom. The fourth-order valence-corrected chi connectivity index (χ4v) is 2.11. The number of piperidine rings is 1. The molecule has 0 spiro atoms. The lowest BCUT2D eigenvalue weighted by atomic mass is 9.93. The zero-order valence-electron chi connectivity index (χ0n) is 11.2. The van der Waals surface area contributed by atoms with E-state index in [0.29, 0.717) is 12.5 Å². The van der Waals surface area contributed by atoms with Gasteiger partial charge in [-0.2, -0.15) is 0 Å². The molecule has 1 aliphatic heterocycles. The average molecular weight is 241 g/mol. The summed E-state index contributed by atoms with van der Waals surface area (Å²) >= 11 is 0. The number of hydrogen-bond acceptors (Lipinski definition) is 3. The lowest BCUT2D eigenvalue weighted by Gasteiger charge is -2.33. The molecule has 1 fully saturated rings. The molecule has 1 aliphatic rings. The summed E-state index contributed by atoms with van der Waals surface area (Å²) in [5, 5.41) is 0. The van der Waals surface area contributed by atoms with Crippen LogP contribution in [0.25, 0.3) is 0 Å². The number of methoxy groups -OCH3 is 1. The van der Waals surface area contributed by atoms with E-state index in [1.165, 1.54) is 7.11 Å². The molecule has 0 aliphatic carbocycles. The number of rotatable bonds is 3. The van der Waals surface area contributed by atoms with Crippen molar-refractivity contribution in [2.24, 2.45) is 17.8 Å². The Balaban J connectivity index is 2.60. The summed E-state index contributed by atoms with van der Waals surface area (Å²) in [6.45, 7) is 7.33. The summed E-state index contributed by atoms with van der Waals surface area (Å²) in [4.78, 5) is 25.5. The van der Waals surface area contributed by atoms with Crippen LogP contribution in [0, 0.1) is 17.8 Å². The summed E-state index contributed by atoms with van der Waals surface area (Å²) in [7, 11) is 1.40. The molecule has 1 saturated heterocycles. The number of esters is 1. The highest BCUT2D eigenvalue weighted by atomic mass is 16.5. The molecule has 0 aromatic rings. The van der Waals surface area contributed by atoms with Crippen LogP contribution in [0.1, 0.15) is 33.6 Å². The molecule has 0 aromatic heterocycles. The molecule has 0 bridgehead atoms. The fourth-order valence-electron chi connectivity index (χ4n) is 2.11. The summed E-state index contributed by atoms with van der Waals surface area (Å²) < 4.78 is 4.75. The van der Waals surface area contributed by atoms with Crippen LogP contribution in [0.5, 0.6) is 0 Å². The normalized spacial score (nSPS) is 22.4. The molecule has 1 heterocycles. The van der Waals surface area contributed by atoms with Crippen molar-refractivity contribution < 1.29 is 14.3 Å². The molecule has 1 amide bonds. The first-order valence-electron chi connectivity index (χ1n) is 6.34. The second-order valence-electron chi connectivity index (χ2n) is 5.18. The predicted octanol–water partition coefficient (Wildman–Crippen LogP) is 1.69. The van der Waals surface area contributed by atoms with Gasteiger partial charge in [-0.05, 0) is 18.8 Å². The third-order valence-electron chi connectivity index (χ3n) is 3.66. The predicted molar refractivity (Wildman–Crippen MR) is 65.3 cm³/mol. The van der Waals surface area contributed by atoms with E-state index in [2.05, 4.69) is 0 Å². The minimum absolute atomic E-state index is 0.0198. The molecule has 98 valence electrons. The smallest absolute Gasteiger partial charge is 0.310 e. The third kappa shape index (κ3) is 3.45. The van der Waals surface area contributed by atoms with E-state index < -0.39 is 0 Å². The Hall–Kier alpha value is -1.06. The zero-order valence-corrected chi connectivity index (χ0v) is 11.2. The second-order valence-corrected chi connectivity index (χ2v) is 5.18. The maximum absolute atomic E-state index is 12.2. The molecule has 17 heavy (non-hydrogen) atoms. The number of ether oxygens (including phenoxy) is 1. The highest BCUT2D eigenvalue weighted by molar-refractivity contribution is 5.80. The van der Waals surface area contributed by atoms with Crippen molar-refractivity contribution in [2.45, 2.75) is 33.6 Å². The van der Waals surface area contributed by atoms with Crippen LogP contribution >= 0.6 is 0 Å². The minimum atomic E-state index is -0.195. The maximum atomic E-state index is 12.2. The van der Waals surface area contributed by atoms with Gasteiger partial charge in [0, 0.05) is 19.0 Å². The van der Waals surface area contributed by atoms with E-state index in [4.69, 9.17) is 4.74 Å². The summed E-state index contributed by atoms with van der Waals surface area (Å²) in [5.41, 5.74) is 0. The molecule has 0 N–H and O–H groups in total. The van der Waals surface area contributed by atoms with Gasteiger partial charge in [0.15, 0.2) is 0 Å². The van der Waals surface area contributed by atoms with Crippen molar-refractivity contribution in [2.75, 3.05) is 20.2 Å². The molecule has 0 saturated carbocycles. The van der Waals surface area contributed by atoms with Crippen molar-refractivity contribution in [3.63, 3.8) is 0 Å². The highest BCUT2D eigenvalue weighted by Crippen LogP contribution is 2.21. The summed E-state index contributed by atoms with van der Waals surface area (Å²) in [6, 6.07) is 0. The van der Waals surface area contributed by atoms with Crippen LogP contribution in [0.4, 0.5) is 0 Å². The number of likely N-dealkylation sites (tertiary alicyclic amines) is 1. The van der Waals surface area contributed by atoms with Gasteiger partial charge in [-0.15, -0.1) is 0 Å². The third-order valence-corrected chi connectivity index (χ3v) is 3.66. The van der Waals surface area contributed by atoms with Gasteiger partial charge in [0.05, 0.1) is 13.0 Å². The van der Waals surface area contributed by atoms with Gasteiger partial charge in [0.1, 0.15) is 0 Å². The van der Waals surface area contributed by atoms with E-state index in [1.54, 1.807) is 0 Å². The highest BCUT2D eigenvalue weighted by Gasteiger charge is 2.31. The first-order chi connectivity index (χ1) is 7.97. The topological polar surface area (TPSA) is 46.6 Å². The Kier molecular flexibility index (Phi) is 4.97. The van der Waals surface area contributed by atoms with E-state index in [-0.39, 0.29) is 23.7 Å². The lowest BCUT2D eigenvalue weighted by molar-refractivity contribution is -0.150. The maximum Gasteiger partial charge on any atom is 0.310 e. The van der Waals surface area contributed by atoms with Gasteiger partial charge in [-0.25, -0.2) is 0 Å².